The maximum absolute atomic E-state index is 8.55. The summed E-state index contributed by atoms with van der Waals surface area (Å²) in [7, 11) is 0. The molecule has 0 aliphatic carbocycles. The van der Waals surface area contributed by atoms with Crippen LogP contribution in [-0.4, -0.2) is 24.8 Å². The van der Waals surface area contributed by atoms with E-state index in [1.54, 1.807) is 0 Å². The molecule has 1 aliphatic heterocycles. The van der Waals surface area contributed by atoms with Gasteiger partial charge < -0.3 is 10.4 Å². The predicted octanol–water partition coefficient (Wildman–Crippen LogP) is 0.289. The lowest BCUT2D eigenvalue weighted by atomic mass is 10.1. The van der Waals surface area contributed by atoms with Gasteiger partial charge in [0.2, 0.25) is 0 Å². The smallest absolute Gasteiger partial charge is 0.0468 e. The van der Waals surface area contributed by atoms with Gasteiger partial charge >= 0.3 is 0 Å². The van der Waals surface area contributed by atoms with Gasteiger partial charge in [-0.2, -0.15) is 0 Å². The van der Waals surface area contributed by atoms with Gasteiger partial charge in [-0.25, -0.2) is 0 Å². The Kier molecular flexibility index (Phi) is 2.74. The van der Waals surface area contributed by atoms with Crippen molar-refractivity contribution in [2.24, 2.45) is 0 Å². The van der Waals surface area contributed by atoms with Gasteiger partial charge in [0.05, 0.1) is 0 Å². The van der Waals surface area contributed by atoms with Gasteiger partial charge in [-0.05, 0) is 19.4 Å². The highest BCUT2D eigenvalue weighted by Crippen LogP contribution is 2.03. The van der Waals surface area contributed by atoms with E-state index < -0.39 is 0 Å². The molecule has 0 spiro atoms. The molecule has 2 N–H and O–H groups in total. The number of hydrogen-bond donors (Lipinski definition) is 2. The molecular weight excluding hydrogens is 114 g/mol. The standard InChI is InChI=1S/C7H13NO/c9-5-3-7-2-1-4-8-6-7/h2,8-9H,1,3-6H2. The summed E-state index contributed by atoms with van der Waals surface area (Å²) in [4.78, 5) is 0. The monoisotopic (exact) mass is 127 g/mol. The van der Waals surface area contributed by atoms with E-state index >= 15 is 0 Å². The predicted molar refractivity (Wildman–Crippen MR) is 37.3 cm³/mol. The number of nitrogens with one attached hydrogen (secondary N) is 1. The van der Waals surface area contributed by atoms with Crippen molar-refractivity contribution >= 4 is 0 Å². The molecule has 1 aliphatic rings. The molecule has 0 unspecified atom stereocenters. The molecule has 0 saturated carbocycles. The third kappa shape index (κ3) is 2.16. The van der Waals surface area contributed by atoms with E-state index in [4.69, 9.17) is 5.11 Å². The molecule has 0 aromatic heterocycles. The highest BCUT2D eigenvalue weighted by Gasteiger charge is 1.99. The zero-order valence-electron chi connectivity index (χ0n) is 5.56. The highest BCUT2D eigenvalue weighted by atomic mass is 16.2. The van der Waals surface area contributed by atoms with Gasteiger partial charge in [-0.3, -0.25) is 0 Å². The SMILES string of the molecule is OCCC1=CCCNC1. The first kappa shape index (κ1) is 6.78. The summed E-state index contributed by atoms with van der Waals surface area (Å²) in [6.45, 7) is 2.35. The van der Waals surface area contributed by atoms with E-state index in [1.165, 1.54) is 5.57 Å². The van der Waals surface area contributed by atoms with Gasteiger partial charge in [-0.15, -0.1) is 0 Å². The molecule has 52 valence electrons. The van der Waals surface area contributed by atoms with Gasteiger partial charge in [0.25, 0.3) is 0 Å². The van der Waals surface area contributed by atoms with Crippen molar-refractivity contribution in [3.63, 3.8) is 0 Å². The first-order valence-corrected chi connectivity index (χ1v) is 3.43. The Bertz CT molecular complexity index is 109. The van der Waals surface area contributed by atoms with Crippen molar-refractivity contribution in [3.8, 4) is 0 Å². The summed E-state index contributed by atoms with van der Waals surface area (Å²) in [6, 6.07) is 0. The molecule has 1 rings (SSSR count). The molecule has 2 nitrogen and oxygen atoms in total. The summed E-state index contributed by atoms with van der Waals surface area (Å²) < 4.78 is 0. The summed E-state index contributed by atoms with van der Waals surface area (Å²) >= 11 is 0. The molecule has 0 bridgehead atoms. The minimum absolute atomic E-state index is 0.285. The zero-order valence-corrected chi connectivity index (χ0v) is 5.56. The van der Waals surface area contributed by atoms with Crippen LogP contribution in [0.15, 0.2) is 11.6 Å². The van der Waals surface area contributed by atoms with Crippen LogP contribution in [0.4, 0.5) is 0 Å². The summed E-state index contributed by atoms with van der Waals surface area (Å²) in [6.07, 6.45) is 4.18. The number of rotatable bonds is 2. The Morgan fingerprint density at radius 2 is 2.56 bits per heavy atom. The Morgan fingerprint density at radius 3 is 3.11 bits per heavy atom. The summed E-state index contributed by atoms with van der Waals surface area (Å²) in [5.74, 6) is 0. The van der Waals surface area contributed by atoms with Crippen LogP contribution in [0.5, 0.6) is 0 Å². The largest absolute Gasteiger partial charge is 0.396 e. The highest BCUT2D eigenvalue weighted by molar-refractivity contribution is 5.06. The van der Waals surface area contributed by atoms with E-state index in [-0.39, 0.29) is 6.61 Å². The average Bonchev–Trinajstić information content (AvgIpc) is 1.91. The number of aliphatic hydroxyl groups is 1. The van der Waals surface area contributed by atoms with Gasteiger partial charge in [0, 0.05) is 13.2 Å². The maximum Gasteiger partial charge on any atom is 0.0468 e. The molecule has 9 heavy (non-hydrogen) atoms. The summed E-state index contributed by atoms with van der Waals surface area (Å²) in [5, 5.41) is 11.8. The summed E-state index contributed by atoms with van der Waals surface area (Å²) in [5.41, 5.74) is 1.35. The third-order valence-electron chi connectivity index (χ3n) is 1.54. The van der Waals surface area contributed by atoms with Crippen LogP contribution in [0, 0.1) is 0 Å². The average molecular weight is 127 g/mol. The van der Waals surface area contributed by atoms with Crippen molar-refractivity contribution in [1.29, 1.82) is 0 Å². The molecule has 2 heteroatoms. The second-order valence-corrected chi connectivity index (χ2v) is 2.30. The van der Waals surface area contributed by atoms with Gasteiger partial charge in [-0.1, -0.05) is 11.6 Å². The van der Waals surface area contributed by atoms with Crippen LogP contribution in [0.25, 0.3) is 0 Å². The van der Waals surface area contributed by atoms with Crippen LogP contribution in [0.3, 0.4) is 0 Å². The lowest BCUT2D eigenvalue weighted by molar-refractivity contribution is 0.297. The van der Waals surface area contributed by atoms with Crippen LogP contribution >= 0.6 is 0 Å². The van der Waals surface area contributed by atoms with Crippen molar-refractivity contribution in [2.75, 3.05) is 19.7 Å². The molecule has 0 saturated heterocycles. The fourth-order valence-corrected chi connectivity index (χ4v) is 1.03. The van der Waals surface area contributed by atoms with Crippen molar-refractivity contribution < 1.29 is 5.11 Å². The molecule has 0 atom stereocenters. The maximum atomic E-state index is 8.55. The molecule has 0 aromatic carbocycles. The number of hydrogen-bond acceptors (Lipinski definition) is 2. The third-order valence-corrected chi connectivity index (χ3v) is 1.54. The number of aliphatic hydroxyl groups excluding tert-OH is 1. The Balaban J connectivity index is 2.28. The topological polar surface area (TPSA) is 32.3 Å². The van der Waals surface area contributed by atoms with Crippen molar-refractivity contribution in [1.82, 2.24) is 5.32 Å². The normalized spacial score (nSPS) is 19.4. The second kappa shape index (κ2) is 3.64. The fraction of sp³-hybridized carbons (Fsp3) is 0.714. The van der Waals surface area contributed by atoms with Crippen LogP contribution in [-0.2, 0) is 0 Å². The molecule has 1 heterocycles. The Morgan fingerprint density at radius 1 is 1.67 bits per heavy atom. The quantitative estimate of drug-likeness (QED) is 0.522. The first-order chi connectivity index (χ1) is 4.43. The molecular formula is C7H13NO. The first-order valence-electron chi connectivity index (χ1n) is 3.43. The van der Waals surface area contributed by atoms with Gasteiger partial charge in [0.15, 0.2) is 0 Å². The Labute approximate surface area is 55.6 Å². The zero-order chi connectivity index (χ0) is 6.53. The van der Waals surface area contributed by atoms with Crippen LogP contribution in [0.2, 0.25) is 0 Å². The van der Waals surface area contributed by atoms with Crippen molar-refractivity contribution in [2.45, 2.75) is 12.8 Å². The van der Waals surface area contributed by atoms with Gasteiger partial charge in [0.1, 0.15) is 0 Å². The van der Waals surface area contributed by atoms with Crippen LogP contribution < -0.4 is 5.32 Å². The van der Waals surface area contributed by atoms with E-state index in [9.17, 15) is 0 Å². The van der Waals surface area contributed by atoms with E-state index in [0.29, 0.717) is 0 Å². The lowest BCUT2D eigenvalue weighted by Crippen LogP contribution is -2.22. The lowest BCUT2D eigenvalue weighted by Gasteiger charge is -2.12. The van der Waals surface area contributed by atoms with Crippen molar-refractivity contribution in [3.05, 3.63) is 11.6 Å². The fourth-order valence-electron chi connectivity index (χ4n) is 1.03. The minimum Gasteiger partial charge on any atom is -0.396 e. The minimum atomic E-state index is 0.285. The van der Waals surface area contributed by atoms with Crippen LogP contribution in [0.1, 0.15) is 12.8 Å². The Hall–Kier alpha value is -0.340. The second-order valence-electron chi connectivity index (χ2n) is 2.30. The van der Waals surface area contributed by atoms with E-state index in [0.717, 1.165) is 25.9 Å². The van der Waals surface area contributed by atoms with E-state index in [2.05, 4.69) is 11.4 Å². The van der Waals surface area contributed by atoms with E-state index in [1.807, 2.05) is 0 Å². The molecule has 0 amide bonds. The molecule has 0 fully saturated rings. The molecule has 0 radical (unpaired) electrons. The molecule has 0 aromatic rings.